The molecule has 6 heteroatoms. The van der Waals surface area contributed by atoms with E-state index in [2.05, 4.69) is 10.6 Å². The number of nitrogens with one attached hydrogen (secondary N) is 2. The second-order valence-corrected chi connectivity index (χ2v) is 6.32. The van der Waals surface area contributed by atoms with Crippen molar-refractivity contribution in [2.45, 2.75) is 25.8 Å². The van der Waals surface area contributed by atoms with Gasteiger partial charge in [0.1, 0.15) is 11.8 Å². The maximum absolute atomic E-state index is 12.7. The Bertz CT molecular complexity index is 806. The summed E-state index contributed by atoms with van der Waals surface area (Å²) in [7, 11) is 1.58. The Balaban J connectivity index is 1.68. The lowest BCUT2D eigenvalue weighted by Gasteiger charge is -2.24. The number of aryl methyl sites for hydroxylation is 1. The maximum Gasteiger partial charge on any atom is 0.322 e. The first-order valence-corrected chi connectivity index (χ1v) is 8.66. The van der Waals surface area contributed by atoms with E-state index in [-0.39, 0.29) is 11.9 Å². The van der Waals surface area contributed by atoms with Crippen LogP contribution in [0.15, 0.2) is 48.5 Å². The van der Waals surface area contributed by atoms with Crippen LogP contribution in [0.2, 0.25) is 0 Å². The van der Waals surface area contributed by atoms with Crippen LogP contribution in [0.5, 0.6) is 5.75 Å². The van der Waals surface area contributed by atoms with Crippen LogP contribution >= 0.6 is 0 Å². The van der Waals surface area contributed by atoms with Gasteiger partial charge in [-0.1, -0.05) is 24.3 Å². The lowest BCUT2D eigenvalue weighted by molar-refractivity contribution is -0.119. The van der Waals surface area contributed by atoms with Gasteiger partial charge < -0.3 is 20.3 Å². The minimum absolute atomic E-state index is 0.155. The summed E-state index contributed by atoms with van der Waals surface area (Å²) in [6.07, 6.45) is 1.46. The first-order valence-electron chi connectivity index (χ1n) is 8.66. The Morgan fingerprint density at radius 1 is 1.12 bits per heavy atom. The first kappa shape index (κ1) is 17.8. The molecule has 1 saturated heterocycles. The Morgan fingerprint density at radius 2 is 1.92 bits per heavy atom. The molecule has 136 valence electrons. The number of carbonyl (C=O) groups excluding carboxylic acids is 2. The number of carbonyl (C=O) groups is 2. The molecule has 3 amide bonds. The number of amides is 3. The zero-order chi connectivity index (χ0) is 18.5. The highest BCUT2D eigenvalue weighted by molar-refractivity contribution is 6.00. The van der Waals surface area contributed by atoms with E-state index in [1.165, 1.54) is 0 Å². The molecule has 0 aromatic heterocycles. The van der Waals surface area contributed by atoms with Crippen molar-refractivity contribution in [2.24, 2.45) is 0 Å². The van der Waals surface area contributed by atoms with E-state index in [4.69, 9.17) is 4.74 Å². The highest BCUT2D eigenvalue weighted by Crippen LogP contribution is 2.23. The van der Waals surface area contributed by atoms with Crippen LogP contribution < -0.4 is 15.4 Å². The molecule has 1 heterocycles. The van der Waals surface area contributed by atoms with Crippen LogP contribution in [-0.2, 0) is 4.79 Å². The zero-order valence-corrected chi connectivity index (χ0v) is 15.0. The minimum Gasteiger partial charge on any atom is -0.497 e. The number of benzene rings is 2. The van der Waals surface area contributed by atoms with Crippen LogP contribution in [0.1, 0.15) is 18.4 Å². The molecule has 1 atom stereocenters. The number of nitrogens with zero attached hydrogens (tertiary/aromatic N) is 1. The van der Waals surface area contributed by atoms with Crippen LogP contribution in [-0.4, -0.2) is 36.5 Å². The van der Waals surface area contributed by atoms with Crippen molar-refractivity contribution in [1.82, 2.24) is 4.90 Å². The summed E-state index contributed by atoms with van der Waals surface area (Å²) in [5.74, 6) is 0.510. The SMILES string of the molecule is COc1cccc(NC(=O)N2CCCC2C(=O)Nc2ccccc2C)c1. The third kappa shape index (κ3) is 3.96. The lowest BCUT2D eigenvalue weighted by atomic mass is 10.1. The molecule has 1 unspecified atom stereocenters. The number of hydrogen-bond donors (Lipinski definition) is 2. The summed E-state index contributed by atoms with van der Waals surface area (Å²) in [5, 5.41) is 5.78. The average molecular weight is 353 g/mol. The Labute approximate surface area is 153 Å². The van der Waals surface area contributed by atoms with Gasteiger partial charge in [-0.15, -0.1) is 0 Å². The van der Waals surface area contributed by atoms with Gasteiger partial charge >= 0.3 is 6.03 Å². The first-order chi connectivity index (χ1) is 12.6. The Kier molecular flexibility index (Phi) is 5.41. The molecule has 2 aromatic rings. The molecular formula is C20H23N3O3. The fourth-order valence-corrected chi connectivity index (χ4v) is 3.11. The molecule has 0 aliphatic carbocycles. The molecule has 0 spiro atoms. The fraction of sp³-hybridized carbons (Fsp3) is 0.300. The largest absolute Gasteiger partial charge is 0.497 e. The average Bonchev–Trinajstić information content (AvgIpc) is 3.14. The second-order valence-electron chi connectivity index (χ2n) is 6.32. The molecular weight excluding hydrogens is 330 g/mol. The second kappa shape index (κ2) is 7.91. The van der Waals surface area contributed by atoms with Crippen LogP contribution in [0.3, 0.4) is 0 Å². The van der Waals surface area contributed by atoms with Crippen molar-refractivity contribution >= 4 is 23.3 Å². The van der Waals surface area contributed by atoms with E-state index < -0.39 is 6.04 Å². The van der Waals surface area contributed by atoms with Gasteiger partial charge in [-0.05, 0) is 43.5 Å². The molecule has 0 saturated carbocycles. The summed E-state index contributed by atoms with van der Waals surface area (Å²) >= 11 is 0. The van der Waals surface area contributed by atoms with E-state index in [1.54, 1.807) is 30.2 Å². The van der Waals surface area contributed by atoms with Gasteiger partial charge in [0.05, 0.1) is 7.11 Å². The molecule has 0 radical (unpaired) electrons. The van der Waals surface area contributed by atoms with Crippen molar-refractivity contribution in [2.75, 3.05) is 24.3 Å². The van der Waals surface area contributed by atoms with Crippen LogP contribution in [0, 0.1) is 6.92 Å². The summed E-state index contributed by atoms with van der Waals surface area (Å²) in [5.41, 5.74) is 2.41. The van der Waals surface area contributed by atoms with E-state index in [0.29, 0.717) is 24.4 Å². The number of hydrogen-bond acceptors (Lipinski definition) is 3. The van der Waals surface area contributed by atoms with Gasteiger partial charge in [0, 0.05) is 24.0 Å². The number of anilines is 2. The third-order valence-corrected chi connectivity index (χ3v) is 4.54. The van der Waals surface area contributed by atoms with E-state index in [9.17, 15) is 9.59 Å². The molecule has 0 bridgehead atoms. The number of rotatable bonds is 4. The van der Waals surface area contributed by atoms with Gasteiger partial charge in [-0.25, -0.2) is 4.79 Å². The number of likely N-dealkylation sites (tertiary alicyclic amines) is 1. The molecule has 1 aliphatic rings. The van der Waals surface area contributed by atoms with Gasteiger partial charge in [0.25, 0.3) is 0 Å². The number of methoxy groups -OCH3 is 1. The number of urea groups is 1. The molecule has 3 rings (SSSR count). The normalized spacial score (nSPS) is 16.2. The van der Waals surface area contributed by atoms with Gasteiger partial charge in [-0.2, -0.15) is 0 Å². The summed E-state index contributed by atoms with van der Waals surface area (Å²) < 4.78 is 5.17. The predicted molar refractivity (Wildman–Crippen MR) is 102 cm³/mol. The van der Waals surface area contributed by atoms with Crippen molar-refractivity contribution in [3.05, 3.63) is 54.1 Å². The number of ether oxygens (including phenoxy) is 1. The van der Waals surface area contributed by atoms with Gasteiger partial charge in [0.2, 0.25) is 5.91 Å². The third-order valence-electron chi connectivity index (χ3n) is 4.54. The Hall–Kier alpha value is -3.02. The van der Waals surface area contributed by atoms with Crippen molar-refractivity contribution in [3.8, 4) is 5.75 Å². The lowest BCUT2D eigenvalue weighted by Crippen LogP contribution is -2.45. The van der Waals surface area contributed by atoms with Gasteiger partial charge in [0.15, 0.2) is 0 Å². The van der Waals surface area contributed by atoms with Crippen molar-refractivity contribution in [1.29, 1.82) is 0 Å². The molecule has 26 heavy (non-hydrogen) atoms. The van der Waals surface area contributed by atoms with E-state index >= 15 is 0 Å². The monoisotopic (exact) mass is 353 g/mol. The standard InChI is InChI=1S/C20H23N3O3/c1-14-7-3-4-10-17(14)22-19(24)18-11-6-12-23(18)20(25)21-15-8-5-9-16(13-15)26-2/h3-5,7-10,13,18H,6,11-12H2,1-2H3,(H,21,25)(H,22,24). The quantitative estimate of drug-likeness (QED) is 0.882. The molecule has 1 fully saturated rings. The molecule has 2 aromatic carbocycles. The summed E-state index contributed by atoms with van der Waals surface area (Å²) in [4.78, 5) is 26.9. The summed E-state index contributed by atoms with van der Waals surface area (Å²) in [6.45, 7) is 2.50. The Morgan fingerprint density at radius 3 is 2.69 bits per heavy atom. The molecule has 2 N–H and O–H groups in total. The smallest absolute Gasteiger partial charge is 0.322 e. The zero-order valence-electron chi connectivity index (χ0n) is 15.0. The van der Waals surface area contributed by atoms with Crippen molar-refractivity contribution < 1.29 is 14.3 Å². The van der Waals surface area contributed by atoms with E-state index in [0.717, 1.165) is 17.7 Å². The highest BCUT2D eigenvalue weighted by Gasteiger charge is 2.34. The van der Waals surface area contributed by atoms with Crippen LogP contribution in [0.4, 0.5) is 16.2 Å². The highest BCUT2D eigenvalue weighted by atomic mass is 16.5. The molecule has 6 nitrogen and oxygen atoms in total. The topological polar surface area (TPSA) is 70.7 Å². The fourth-order valence-electron chi connectivity index (χ4n) is 3.11. The summed E-state index contributed by atoms with van der Waals surface area (Å²) in [6, 6.07) is 14.0. The van der Waals surface area contributed by atoms with Crippen LogP contribution in [0.25, 0.3) is 0 Å². The number of para-hydroxylation sites is 1. The maximum atomic E-state index is 12.7. The van der Waals surface area contributed by atoms with Crippen molar-refractivity contribution in [3.63, 3.8) is 0 Å². The van der Waals surface area contributed by atoms with Gasteiger partial charge in [-0.3, -0.25) is 4.79 Å². The van der Waals surface area contributed by atoms with E-state index in [1.807, 2.05) is 37.3 Å². The minimum atomic E-state index is -0.472. The predicted octanol–water partition coefficient (Wildman–Crippen LogP) is 3.64. The molecule has 1 aliphatic heterocycles.